The third-order valence-electron chi connectivity index (χ3n) is 5.73. The third kappa shape index (κ3) is 3.86. The predicted molar refractivity (Wildman–Crippen MR) is 126 cm³/mol. The van der Waals surface area contributed by atoms with Crippen molar-refractivity contribution >= 4 is 32.5 Å². The summed E-state index contributed by atoms with van der Waals surface area (Å²) in [6.45, 7) is 0.110. The molecule has 0 saturated carbocycles. The molecule has 0 aliphatic carbocycles. The Balaban J connectivity index is 1.69. The molecule has 1 aliphatic rings. The maximum atomic E-state index is 13.3. The van der Waals surface area contributed by atoms with Gasteiger partial charge in [0.15, 0.2) is 9.84 Å². The zero-order valence-corrected chi connectivity index (χ0v) is 19.1. The lowest BCUT2D eigenvalue weighted by atomic mass is 9.99. The normalized spacial score (nSPS) is 13.0. The lowest BCUT2D eigenvalue weighted by Gasteiger charge is -2.23. The number of pyridine rings is 1. The molecule has 0 saturated heterocycles. The van der Waals surface area contributed by atoms with Crippen LogP contribution in [0, 0.1) is 5.82 Å². The number of rotatable bonds is 3. The van der Waals surface area contributed by atoms with Gasteiger partial charge in [-0.25, -0.2) is 17.6 Å². The highest BCUT2D eigenvalue weighted by Crippen LogP contribution is 2.41. The van der Waals surface area contributed by atoms with E-state index in [0.717, 1.165) is 6.26 Å². The van der Waals surface area contributed by atoms with Gasteiger partial charge in [-0.05, 0) is 47.5 Å². The molecule has 2 aromatic carbocycles. The number of aromatic nitrogens is 2. The Morgan fingerprint density at radius 2 is 1.88 bits per heavy atom. The van der Waals surface area contributed by atoms with E-state index in [1.54, 1.807) is 37.6 Å². The standard InChI is InChI=1S/C24H20FN3O5S/c1-27-12-19-18-9-14(13-34(2,31)32)3-8-20(18)28(11-15-10-26-22(21(15)19)23(27)29)24(30)33-17-6-4-16(25)5-7-17/h3-10,12,26H,11,13H2,1-2H3. The summed E-state index contributed by atoms with van der Waals surface area (Å²) < 4.78 is 44.1. The molecule has 0 unspecified atom stereocenters. The van der Waals surface area contributed by atoms with Gasteiger partial charge < -0.3 is 14.3 Å². The number of nitrogens with one attached hydrogen (secondary N) is 1. The van der Waals surface area contributed by atoms with Crippen LogP contribution in [0.4, 0.5) is 14.9 Å². The van der Waals surface area contributed by atoms with Crippen molar-refractivity contribution < 1.29 is 22.3 Å². The number of hydrogen-bond donors (Lipinski definition) is 1. The minimum atomic E-state index is -3.30. The Labute approximate surface area is 194 Å². The molecule has 174 valence electrons. The molecular formula is C24H20FN3O5S. The Morgan fingerprint density at radius 1 is 1.15 bits per heavy atom. The third-order valence-corrected chi connectivity index (χ3v) is 6.58. The van der Waals surface area contributed by atoms with Crippen LogP contribution in [-0.4, -0.2) is 30.3 Å². The van der Waals surface area contributed by atoms with E-state index in [4.69, 9.17) is 4.74 Å². The minimum absolute atomic E-state index is 0.110. The number of halogens is 1. The molecule has 1 aliphatic heterocycles. The molecule has 8 nitrogen and oxygen atoms in total. The number of amides is 1. The van der Waals surface area contributed by atoms with E-state index in [9.17, 15) is 22.4 Å². The molecule has 34 heavy (non-hydrogen) atoms. The molecule has 1 N–H and O–H groups in total. The van der Waals surface area contributed by atoms with Gasteiger partial charge >= 0.3 is 6.09 Å². The van der Waals surface area contributed by atoms with Gasteiger partial charge in [0.05, 0.1) is 18.0 Å². The number of sulfone groups is 1. The van der Waals surface area contributed by atoms with E-state index >= 15 is 0 Å². The number of anilines is 1. The Hall–Kier alpha value is -3.92. The number of fused-ring (bicyclic) bond motifs is 2. The van der Waals surface area contributed by atoms with Crippen molar-refractivity contribution in [3.05, 3.63) is 82.2 Å². The van der Waals surface area contributed by atoms with E-state index in [0.29, 0.717) is 38.8 Å². The van der Waals surface area contributed by atoms with Crippen molar-refractivity contribution in [2.75, 3.05) is 11.2 Å². The summed E-state index contributed by atoms with van der Waals surface area (Å²) in [5.41, 5.74) is 3.21. The molecule has 10 heteroatoms. The van der Waals surface area contributed by atoms with Gasteiger partial charge in [0.25, 0.3) is 5.56 Å². The van der Waals surface area contributed by atoms with Crippen molar-refractivity contribution in [2.24, 2.45) is 7.05 Å². The fourth-order valence-electron chi connectivity index (χ4n) is 4.27. The molecule has 0 radical (unpaired) electrons. The van der Waals surface area contributed by atoms with Crippen LogP contribution in [0.1, 0.15) is 11.1 Å². The Morgan fingerprint density at radius 3 is 2.59 bits per heavy atom. The maximum absolute atomic E-state index is 13.3. The number of H-pyrrole nitrogens is 1. The number of hydrogen-bond acceptors (Lipinski definition) is 5. The lowest BCUT2D eigenvalue weighted by Crippen LogP contribution is -2.33. The fourth-order valence-corrected chi connectivity index (χ4v) is 5.05. The number of aromatic amines is 1. The fraction of sp³-hybridized carbons (Fsp3) is 0.167. The summed E-state index contributed by atoms with van der Waals surface area (Å²) in [4.78, 5) is 30.4. The highest BCUT2D eigenvalue weighted by molar-refractivity contribution is 7.89. The first kappa shape index (κ1) is 21.9. The Kier molecular flexibility index (Phi) is 5.05. The zero-order chi connectivity index (χ0) is 24.2. The first-order valence-electron chi connectivity index (χ1n) is 10.4. The first-order chi connectivity index (χ1) is 16.1. The number of nitrogens with zero attached hydrogens (tertiary/aromatic N) is 2. The monoisotopic (exact) mass is 481 g/mol. The van der Waals surface area contributed by atoms with Gasteiger partial charge in [-0.15, -0.1) is 0 Å². The van der Waals surface area contributed by atoms with E-state index in [-0.39, 0.29) is 23.6 Å². The van der Waals surface area contributed by atoms with E-state index < -0.39 is 21.7 Å². The van der Waals surface area contributed by atoms with Crippen molar-refractivity contribution in [1.82, 2.24) is 9.55 Å². The molecular weight excluding hydrogens is 461 g/mol. The molecule has 0 atom stereocenters. The average molecular weight is 482 g/mol. The van der Waals surface area contributed by atoms with Crippen LogP contribution in [0.15, 0.2) is 59.7 Å². The molecule has 0 bridgehead atoms. The summed E-state index contributed by atoms with van der Waals surface area (Å²) in [5.74, 6) is -0.449. The summed E-state index contributed by atoms with van der Waals surface area (Å²) in [5, 5.41) is 0.665. The van der Waals surface area contributed by atoms with Crippen molar-refractivity contribution in [3.8, 4) is 16.9 Å². The highest BCUT2D eigenvalue weighted by Gasteiger charge is 2.29. The topological polar surface area (TPSA) is 101 Å². The van der Waals surface area contributed by atoms with Crippen molar-refractivity contribution in [3.63, 3.8) is 0 Å². The van der Waals surface area contributed by atoms with Crippen LogP contribution in [0.25, 0.3) is 22.0 Å². The molecule has 0 spiro atoms. The Bertz CT molecular complexity index is 1620. The van der Waals surface area contributed by atoms with Crippen LogP contribution in [-0.2, 0) is 29.2 Å². The average Bonchev–Trinajstić information content (AvgIpc) is 3.14. The van der Waals surface area contributed by atoms with Gasteiger partial charge in [-0.1, -0.05) is 6.07 Å². The van der Waals surface area contributed by atoms with Gasteiger partial charge in [-0.3, -0.25) is 9.69 Å². The van der Waals surface area contributed by atoms with Gasteiger partial charge in [-0.2, -0.15) is 0 Å². The molecule has 5 rings (SSSR count). The predicted octanol–water partition coefficient (Wildman–Crippen LogP) is 3.74. The molecule has 2 aromatic heterocycles. The van der Waals surface area contributed by atoms with Gasteiger partial charge in [0, 0.05) is 42.2 Å². The lowest BCUT2D eigenvalue weighted by molar-refractivity contribution is 0.207. The smallest absolute Gasteiger partial charge is 0.410 e. The van der Waals surface area contributed by atoms with Crippen molar-refractivity contribution in [2.45, 2.75) is 12.3 Å². The SMILES string of the molecule is Cn1cc2c3c(c[nH]c3c1=O)CN(C(=O)Oc1ccc(F)cc1)c1ccc(CS(C)(=O)=O)cc1-2. The van der Waals surface area contributed by atoms with Crippen molar-refractivity contribution in [1.29, 1.82) is 0 Å². The summed E-state index contributed by atoms with van der Waals surface area (Å²) in [6, 6.07) is 10.1. The number of benzene rings is 2. The van der Waals surface area contributed by atoms with E-state index in [2.05, 4.69) is 4.98 Å². The van der Waals surface area contributed by atoms with Gasteiger partial charge in [0.1, 0.15) is 17.1 Å². The number of carbonyl (C=O) groups excluding carboxylic acids is 1. The second-order valence-electron chi connectivity index (χ2n) is 8.35. The largest absolute Gasteiger partial charge is 0.420 e. The quantitative estimate of drug-likeness (QED) is 0.480. The molecule has 4 aromatic rings. The van der Waals surface area contributed by atoms with Crippen LogP contribution in [0.3, 0.4) is 0 Å². The minimum Gasteiger partial charge on any atom is -0.410 e. The van der Waals surface area contributed by atoms with Crippen LogP contribution < -0.4 is 15.2 Å². The summed E-state index contributed by atoms with van der Waals surface area (Å²) in [7, 11) is -1.67. The van der Waals surface area contributed by atoms with E-state index in [1.807, 2.05) is 0 Å². The number of aryl methyl sites for hydroxylation is 1. The molecule has 0 fully saturated rings. The highest BCUT2D eigenvalue weighted by atomic mass is 32.2. The van der Waals surface area contributed by atoms with Gasteiger partial charge in [0.2, 0.25) is 0 Å². The number of carbonyl (C=O) groups is 1. The van der Waals surface area contributed by atoms with Crippen LogP contribution >= 0.6 is 0 Å². The first-order valence-corrected chi connectivity index (χ1v) is 12.4. The van der Waals surface area contributed by atoms with E-state index in [1.165, 1.54) is 33.7 Å². The second-order valence-corrected chi connectivity index (χ2v) is 10.5. The van der Waals surface area contributed by atoms with Crippen LogP contribution in [0.2, 0.25) is 0 Å². The maximum Gasteiger partial charge on any atom is 0.420 e. The summed E-state index contributed by atoms with van der Waals surface area (Å²) in [6.07, 6.45) is 3.81. The molecule has 3 heterocycles. The van der Waals surface area contributed by atoms with Crippen LogP contribution in [0.5, 0.6) is 5.75 Å². The molecule has 1 amide bonds. The summed E-state index contributed by atoms with van der Waals surface area (Å²) >= 11 is 0. The second kappa shape index (κ2) is 7.84. The number of ether oxygens (including phenoxy) is 1. The zero-order valence-electron chi connectivity index (χ0n) is 18.3.